The number of rotatable bonds is 6. The summed E-state index contributed by atoms with van der Waals surface area (Å²) in [6, 6.07) is 119. The number of hydrogen-bond donors (Lipinski definition) is 0. The monoisotopic (exact) mass is 1360 g/mol. The van der Waals surface area contributed by atoms with E-state index in [1.165, 1.54) is 111 Å². The lowest BCUT2D eigenvalue weighted by Gasteiger charge is -2.11. The summed E-state index contributed by atoms with van der Waals surface area (Å²) in [4.78, 5) is 4.77. The largest absolute Gasteiger partial charge is 0.455 e. The van der Waals surface area contributed by atoms with Crippen LogP contribution < -0.4 is 0 Å². The number of pyridine rings is 1. The molecule has 0 aliphatic carbocycles. The van der Waals surface area contributed by atoms with Crippen LogP contribution in [0.25, 0.3) is 217 Å². The maximum Gasteiger partial charge on any atom is 0.145 e. The normalized spacial score (nSPS) is 12.2. The van der Waals surface area contributed by atoms with Crippen LogP contribution in [0, 0.1) is 0 Å². The fraction of sp³-hybridized carbons (Fsp3) is 0. The Morgan fingerprint density at radius 3 is 0.990 bits per heavy atom. The second-order valence-electron chi connectivity index (χ2n) is 27.2. The van der Waals surface area contributed by atoms with Crippen LogP contribution in [0.4, 0.5) is 0 Å². The van der Waals surface area contributed by atoms with Gasteiger partial charge in [-0.25, -0.2) is 4.98 Å². The molecule has 0 amide bonds. The zero-order valence-corrected chi connectivity index (χ0v) is 57.3. The zero-order valence-electron chi connectivity index (χ0n) is 55.6. The molecule has 9 heteroatoms. The molecule has 484 valence electrons. The summed E-state index contributed by atoms with van der Waals surface area (Å²) in [5.74, 6) is 0. The average Bonchev–Trinajstić information content (AvgIpc) is 1.58. The minimum absolute atomic E-state index is 0.876. The van der Waals surface area contributed by atoms with Crippen molar-refractivity contribution >= 4 is 194 Å². The van der Waals surface area contributed by atoms with E-state index in [2.05, 4.69) is 340 Å². The molecule has 9 aromatic heterocycles. The highest BCUT2D eigenvalue weighted by atomic mass is 32.1. The molecule has 0 atom stereocenters. The van der Waals surface area contributed by atoms with Gasteiger partial charge in [0.15, 0.2) is 0 Å². The van der Waals surface area contributed by atoms with E-state index in [1.807, 2.05) is 34.9 Å². The van der Waals surface area contributed by atoms with E-state index in [4.69, 9.17) is 13.8 Å². The van der Waals surface area contributed by atoms with Crippen LogP contribution in [0.2, 0.25) is 0 Å². The first-order valence-corrected chi connectivity index (χ1v) is 36.9. The van der Waals surface area contributed by atoms with Crippen LogP contribution in [0.1, 0.15) is 0 Å². The number of para-hydroxylation sites is 7. The fourth-order valence-electron chi connectivity index (χ4n) is 17.3. The first kappa shape index (κ1) is 57.4. The van der Waals surface area contributed by atoms with E-state index >= 15 is 0 Å². The Balaban J connectivity index is 0.000000144. The molecule has 0 spiro atoms. The van der Waals surface area contributed by atoms with Crippen LogP contribution in [-0.2, 0) is 0 Å². The molecule has 0 unspecified atom stereocenters. The van der Waals surface area contributed by atoms with Crippen LogP contribution in [0.5, 0.6) is 0 Å². The van der Waals surface area contributed by atoms with Crippen LogP contribution in [0.3, 0.4) is 0 Å². The molecule has 0 fully saturated rings. The predicted molar refractivity (Wildman–Crippen MR) is 439 cm³/mol. The van der Waals surface area contributed by atoms with Gasteiger partial charge in [0.1, 0.15) is 28.0 Å². The Labute approximate surface area is 601 Å². The Morgan fingerprint density at radius 2 is 0.538 bits per heavy atom. The van der Waals surface area contributed by atoms with Crippen molar-refractivity contribution in [1.29, 1.82) is 0 Å². The highest BCUT2D eigenvalue weighted by Crippen LogP contribution is 2.48. The molecule has 24 rings (SSSR count). The second-order valence-corrected chi connectivity index (χ2v) is 29.4. The minimum atomic E-state index is 0.876. The first-order chi connectivity index (χ1) is 51.6. The van der Waals surface area contributed by atoms with Gasteiger partial charge in [-0.05, 0) is 151 Å². The predicted octanol–water partition coefficient (Wildman–Crippen LogP) is 27.0. The zero-order chi connectivity index (χ0) is 67.8. The maximum absolute atomic E-state index is 6.87. The second kappa shape index (κ2) is 22.1. The van der Waals surface area contributed by atoms with Gasteiger partial charge < -0.3 is 22.5 Å². The third-order valence-electron chi connectivity index (χ3n) is 21.7. The lowest BCUT2D eigenvalue weighted by Crippen LogP contribution is -1.96. The highest BCUT2D eigenvalue weighted by molar-refractivity contribution is 7.26. The third kappa shape index (κ3) is 8.30. The van der Waals surface area contributed by atoms with Crippen molar-refractivity contribution in [3.63, 3.8) is 0 Å². The molecular formula is C95H55N5O2S2. The van der Waals surface area contributed by atoms with Gasteiger partial charge in [-0.3, -0.25) is 4.57 Å². The summed E-state index contributed by atoms with van der Waals surface area (Å²) in [5.41, 5.74) is 21.9. The van der Waals surface area contributed by atoms with Gasteiger partial charge in [0.05, 0.1) is 38.6 Å². The lowest BCUT2D eigenvalue weighted by molar-refractivity contribution is 0.669. The van der Waals surface area contributed by atoms with Gasteiger partial charge in [0.25, 0.3) is 0 Å². The van der Waals surface area contributed by atoms with Crippen molar-refractivity contribution in [2.45, 2.75) is 0 Å². The van der Waals surface area contributed by atoms with Crippen molar-refractivity contribution in [2.75, 3.05) is 0 Å². The van der Waals surface area contributed by atoms with Crippen molar-refractivity contribution in [3.8, 4) is 45.0 Å². The number of furan rings is 2. The number of benzene rings is 15. The number of nitrogens with zero attached hydrogens (tertiary/aromatic N) is 5. The maximum atomic E-state index is 6.87. The molecule has 0 aliphatic rings. The Morgan fingerprint density at radius 1 is 0.221 bits per heavy atom. The summed E-state index contributed by atoms with van der Waals surface area (Å²) in [6.07, 6.45) is 1.87. The topological polar surface area (TPSA) is 58.9 Å². The molecule has 15 aromatic carbocycles. The molecule has 0 bridgehead atoms. The highest BCUT2D eigenvalue weighted by Gasteiger charge is 2.24. The van der Waals surface area contributed by atoms with Crippen molar-refractivity contribution in [2.24, 2.45) is 0 Å². The molecule has 0 aliphatic heterocycles. The third-order valence-corrected chi connectivity index (χ3v) is 24.0. The molecule has 0 N–H and O–H groups in total. The molecule has 0 saturated carbocycles. The molecule has 0 radical (unpaired) electrons. The van der Waals surface area contributed by atoms with Crippen molar-refractivity contribution in [1.82, 2.24) is 23.3 Å². The fourth-order valence-corrected chi connectivity index (χ4v) is 19.6. The summed E-state index contributed by atoms with van der Waals surface area (Å²) in [6.45, 7) is 0. The summed E-state index contributed by atoms with van der Waals surface area (Å²) in [7, 11) is 0. The Kier molecular flexibility index (Phi) is 12.2. The summed E-state index contributed by atoms with van der Waals surface area (Å²) >= 11 is 3.69. The Bertz CT molecular complexity index is 7440. The molecule has 0 saturated heterocycles. The average molecular weight is 1360 g/mol. The molecule has 24 aromatic rings. The van der Waals surface area contributed by atoms with E-state index in [0.29, 0.717) is 0 Å². The van der Waals surface area contributed by atoms with Crippen LogP contribution in [-0.4, -0.2) is 23.3 Å². The number of thiophene rings is 2. The SMILES string of the molecule is c1ccc2c(c1)sc1cccc(-c3cccc4c3oc3ccc(-n5c6ccc(-n7c8ccccc8c8ccccc87)cc6c6cc(-n7c8ccccc8c8ccccc87)ccc65)cc34)c12.c1ccc2c(c1)sc1cccc(-c3cccc4c3oc3ccc(-n5c6ccccc6c6cccnc65)cc34)c12. The lowest BCUT2D eigenvalue weighted by atomic mass is 9.97. The standard InChI is InChI=1S/C60H35N3OS.C35H20N2OS/c1-6-21-50-39(13-1)40-14-2-7-22-51(40)61(50)36-27-30-54-47(33-36)48-34-37(62-52-23-8-3-15-41(52)42-16-4-9-24-53(42)62)28-31-55(48)63(54)38-29-32-56-49(35-38)45-20-11-19-44(60(45)64-56)43-18-12-26-58-59(43)46-17-5-10-25-57(46)65-58;1-3-14-29-22(8-1)26-13-7-19-36-35(26)37(29)21-17-18-30-28(20-21)25-12-5-11-24(34(25)38-30)23-10-6-16-32-33(23)27-9-2-4-15-31(27)39-32/h1-35H;1-20H. The first-order valence-electron chi connectivity index (χ1n) is 35.2. The van der Waals surface area contributed by atoms with Gasteiger partial charge in [-0.15, -0.1) is 22.7 Å². The molecule has 9 heterocycles. The van der Waals surface area contributed by atoms with Crippen molar-refractivity contribution in [3.05, 3.63) is 334 Å². The van der Waals surface area contributed by atoms with Gasteiger partial charge in [0, 0.05) is 145 Å². The summed E-state index contributed by atoms with van der Waals surface area (Å²) in [5, 5.41) is 19.3. The van der Waals surface area contributed by atoms with E-state index in [1.54, 1.807) is 0 Å². The van der Waals surface area contributed by atoms with Gasteiger partial charge in [-0.2, -0.15) is 0 Å². The van der Waals surface area contributed by atoms with E-state index < -0.39 is 0 Å². The van der Waals surface area contributed by atoms with Gasteiger partial charge >= 0.3 is 0 Å². The molecular weight excluding hydrogens is 1310 g/mol. The van der Waals surface area contributed by atoms with E-state index in [9.17, 15) is 0 Å². The number of fused-ring (bicyclic) bond motifs is 24. The van der Waals surface area contributed by atoms with Crippen molar-refractivity contribution < 1.29 is 8.83 Å². The number of aromatic nitrogens is 5. The van der Waals surface area contributed by atoms with E-state index in [-0.39, 0.29) is 0 Å². The Hall–Kier alpha value is -13.3. The van der Waals surface area contributed by atoms with E-state index in [0.717, 1.165) is 105 Å². The minimum Gasteiger partial charge on any atom is -0.455 e. The van der Waals surface area contributed by atoms with Crippen LogP contribution in [0.15, 0.2) is 343 Å². The smallest absolute Gasteiger partial charge is 0.145 e. The quantitative estimate of drug-likeness (QED) is 0.167. The summed E-state index contributed by atoms with van der Waals surface area (Å²) < 4.78 is 28.2. The van der Waals surface area contributed by atoms with Gasteiger partial charge in [-0.1, -0.05) is 188 Å². The van der Waals surface area contributed by atoms with Crippen LogP contribution >= 0.6 is 22.7 Å². The molecule has 7 nitrogen and oxygen atoms in total. The number of hydrogen-bond acceptors (Lipinski definition) is 5. The molecule has 104 heavy (non-hydrogen) atoms. The van der Waals surface area contributed by atoms with Gasteiger partial charge in [0.2, 0.25) is 0 Å².